The molecular weight excluding hydrogens is 218 g/mol. The fourth-order valence-corrected chi connectivity index (χ4v) is 1.72. The smallest absolute Gasteiger partial charge is 0.180 e. The van der Waals surface area contributed by atoms with E-state index in [-0.39, 0.29) is 10.6 Å². The summed E-state index contributed by atoms with van der Waals surface area (Å²) in [6, 6.07) is 7.57. The maximum absolute atomic E-state index is 11.5. The van der Waals surface area contributed by atoms with E-state index in [4.69, 9.17) is 0 Å². The zero-order valence-electron chi connectivity index (χ0n) is 6.38. The summed E-state index contributed by atoms with van der Waals surface area (Å²) in [6.07, 6.45) is 0. The molecule has 1 aliphatic rings. The van der Waals surface area contributed by atoms with Crippen molar-refractivity contribution in [3.05, 3.63) is 29.8 Å². The molecule has 0 aromatic heterocycles. The Balaban J connectivity index is 2.49. The molecule has 0 fully saturated rings. The number of anilines is 1. The Hall–Kier alpha value is -0.830. The van der Waals surface area contributed by atoms with Crippen LogP contribution in [0.2, 0.25) is 0 Å². The van der Waals surface area contributed by atoms with Gasteiger partial charge in [-0.25, -0.2) is 0 Å². The number of rotatable bonds is 0. The lowest BCUT2D eigenvalue weighted by atomic mass is 10.0. The molecule has 1 aliphatic heterocycles. The summed E-state index contributed by atoms with van der Waals surface area (Å²) in [5.74, 6) is 0.171. The fourth-order valence-electron chi connectivity index (χ4n) is 1.31. The van der Waals surface area contributed by atoms with Crippen LogP contribution in [0, 0.1) is 0 Å². The van der Waals surface area contributed by atoms with Gasteiger partial charge in [-0.15, -0.1) is 0 Å². The molecule has 0 saturated carbocycles. The van der Waals surface area contributed by atoms with E-state index in [1.165, 1.54) is 0 Å². The van der Waals surface area contributed by atoms with Gasteiger partial charge < -0.3 is 5.32 Å². The molecule has 1 atom stereocenters. The van der Waals surface area contributed by atoms with Crippen LogP contribution in [0.25, 0.3) is 0 Å². The lowest BCUT2D eigenvalue weighted by molar-refractivity contribution is 0.0992. The SMILES string of the molecule is O=C1c2ccccc2NCC1Br. The van der Waals surface area contributed by atoms with Gasteiger partial charge in [-0.2, -0.15) is 0 Å². The van der Waals surface area contributed by atoms with Crippen LogP contribution >= 0.6 is 15.9 Å². The van der Waals surface area contributed by atoms with Crippen molar-refractivity contribution < 1.29 is 4.79 Å². The van der Waals surface area contributed by atoms with Gasteiger partial charge in [0.2, 0.25) is 0 Å². The number of nitrogens with one attached hydrogen (secondary N) is 1. The predicted octanol–water partition coefficient (Wildman–Crippen LogP) is 2.06. The zero-order valence-corrected chi connectivity index (χ0v) is 7.97. The summed E-state index contributed by atoms with van der Waals surface area (Å²) >= 11 is 3.31. The number of halogens is 1. The van der Waals surface area contributed by atoms with E-state index in [1.807, 2.05) is 24.3 Å². The van der Waals surface area contributed by atoms with E-state index in [0.29, 0.717) is 6.54 Å². The first kappa shape index (κ1) is 7.80. The summed E-state index contributed by atoms with van der Waals surface area (Å²) < 4.78 is 0. The van der Waals surface area contributed by atoms with Gasteiger partial charge in [0.05, 0.1) is 4.83 Å². The van der Waals surface area contributed by atoms with Gasteiger partial charge in [-0.05, 0) is 12.1 Å². The standard InChI is InChI=1S/C9H8BrNO/c10-7-5-11-8-4-2-1-3-6(8)9(7)12/h1-4,7,11H,5H2. The van der Waals surface area contributed by atoms with E-state index < -0.39 is 0 Å². The average Bonchev–Trinajstić information content (AvgIpc) is 2.12. The lowest BCUT2D eigenvalue weighted by Crippen LogP contribution is -2.29. The molecule has 0 aliphatic carbocycles. The number of alkyl halides is 1. The van der Waals surface area contributed by atoms with Crippen LogP contribution in [0.5, 0.6) is 0 Å². The highest BCUT2D eigenvalue weighted by molar-refractivity contribution is 9.10. The van der Waals surface area contributed by atoms with E-state index in [2.05, 4.69) is 21.2 Å². The summed E-state index contributed by atoms with van der Waals surface area (Å²) in [5, 5.41) is 3.18. The first-order valence-corrected chi connectivity index (χ1v) is 4.72. The molecular formula is C9H8BrNO. The van der Waals surface area contributed by atoms with Gasteiger partial charge in [0.15, 0.2) is 5.78 Å². The van der Waals surface area contributed by atoms with Crippen molar-refractivity contribution in [1.82, 2.24) is 0 Å². The number of ketones is 1. The molecule has 0 amide bonds. The number of para-hydroxylation sites is 1. The van der Waals surface area contributed by atoms with Crippen molar-refractivity contribution in [2.24, 2.45) is 0 Å². The minimum atomic E-state index is -0.0765. The van der Waals surface area contributed by atoms with E-state index >= 15 is 0 Å². The average molecular weight is 226 g/mol. The fraction of sp³-hybridized carbons (Fsp3) is 0.222. The third-order valence-electron chi connectivity index (χ3n) is 1.95. The Morgan fingerprint density at radius 1 is 1.42 bits per heavy atom. The molecule has 0 saturated heterocycles. The molecule has 12 heavy (non-hydrogen) atoms. The van der Waals surface area contributed by atoms with Gasteiger partial charge in [0, 0.05) is 17.8 Å². The molecule has 0 spiro atoms. The largest absolute Gasteiger partial charge is 0.383 e. The normalized spacial score (nSPS) is 21.4. The number of hydrogen-bond acceptors (Lipinski definition) is 2. The van der Waals surface area contributed by atoms with Crippen LogP contribution in [-0.2, 0) is 0 Å². The molecule has 1 N–H and O–H groups in total. The molecule has 2 rings (SSSR count). The van der Waals surface area contributed by atoms with Gasteiger partial charge in [0.1, 0.15) is 0 Å². The van der Waals surface area contributed by atoms with Crippen LogP contribution in [0.4, 0.5) is 5.69 Å². The summed E-state index contributed by atoms with van der Waals surface area (Å²) in [4.78, 5) is 11.5. The number of carbonyl (C=O) groups is 1. The van der Waals surface area contributed by atoms with E-state index in [1.54, 1.807) is 0 Å². The Morgan fingerprint density at radius 3 is 3.00 bits per heavy atom. The molecule has 62 valence electrons. The van der Waals surface area contributed by atoms with Crippen molar-refractivity contribution in [3.8, 4) is 0 Å². The molecule has 1 heterocycles. The van der Waals surface area contributed by atoms with Crippen molar-refractivity contribution >= 4 is 27.4 Å². The summed E-state index contributed by atoms with van der Waals surface area (Å²) in [5.41, 5.74) is 1.73. The van der Waals surface area contributed by atoms with Gasteiger partial charge in [-0.1, -0.05) is 28.1 Å². The number of Topliss-reactive ketones (excluding diaryl/α,β-unsaturated/α-hetero) is 1. The van der Waals surface area contributed by atoms with Gasteiger partial charge in [0.25, 0.3) is 0 Å². The quantitative estimate of drug-likeness (QED) is 0.686. The van der Waals surface area contributed by atoms with Crippen LogP contribution < -0.4 is 5.32 Å². The van der Waals surface area contributed by atoms with Gasteiger partial charge >= 0.3 is 0 Å². The third-order valence-corrected chi connectivity index (χ3v) is 2.69. The molecule has 3 heteroatoms. The number of benzene rings is 1. The van der Waals surface area contributed by atoms with Crippen LogP contribution in [0.15, 0.2) is 24.3 Å². The first-order chi connectivity index (χ1) is 5.79. The number of fused-ring (bicyclic) bond motifs is 1. The minimum absolute atomic E-state index is 0.0765. The Bertz CT molecular complexity index is 324. The van der Waals surface area contributed by atoms with Crippen LogP contribution in [0.1, 0.15) is 10.4 Å². The molecule has 2 nitrogen and oxygen atoms in total. The summed E-state index contributed by atoms with van der Waals surface area (Å²) in [7, 11) is 0. The summed E-state index contributed by atoms with van der Waals surface area (Å²) in [6.45, 7) is 0.676. The number of hydrogen-bond donors (Lipinski definition) is 1. The van der Waals surface area contributed by atoms with Crippen molar-refractivity contribution in [2.45, 2.75) is 4.83 Å². The highest BCUT2D eigenvalue weighted by Crippen LogP contribution is 2.23. The monoisotopic (exact) mass is 225 g/mol. The van der Waals surface area contributed by atoms with Gasteiger partial charge in [-0.3, -0.25) is 4.79 Å². The second-order valence-electron chi connectivity index (χ2n) is 2.76. The predicted molar refractivity (Wildman–Crippen MR) is 52.0 cm³/mol. The molecule has 0 radical (unpaired) electrons. The maximum Gasteiger partial charge on any atom is 0.180 e. The Labute approximate surface area is 79.1 Å². The van der Waals surface area contributed by atoms with Crippen molar-refractivity contribution in [2.75, 3.05) is 11.9 Å². The van der Waals surface area contributed by atoms with E-state index in [0.717, 1.165) is 11.3 Å². The van der Waals surface area contributed by atoms with Crippen molar-refractivity contribution in [3.63, 3.8) is 0 Å². The van der Waals surface area contributed by atoms with Crippen LogP contribution in [0.3, 0.4) is 0 Å². The second kappa shape index (κ2) is 2.90. The molecule has 1 aromatic carbocycles. The lowest BCUT2D eigenvalue weighted by Gasteiger charge is -2.20. The molecule has 0 bridgehead atoms. The zero-order chi connectivity index (χ0) is 8.55. The first-order valence-electron chi connectivity index (χ1n) is 3.80. The highest BCUT2D eigenvalue weighted by Gasteiger charge is 2.23. The number of carbonyl (C=O) groups excluding carboxylic acids is 1. The molecule has 1 aromatic rings. The topological polar surface area (TPSA) is 29.1 Å². The Morgan fingerprint density at radius 2 is 2.17 bits per heavy atom. The second-order valence-corrected chi connectivity index (χ2v) is 3.86. The highest BCUT2D eigenvalue weighted by atomic mass is 79.9. The Kier molecular flexibility index (Phi) is 1.89. The van der Waals surface area contributed by atoms with Crippen LogP contribution in [-0.4, -0.2) is 17.2 Å². The third kappa shape index (κ3) is 1.14. The maximum atomic E-state index is 11.5. The molecule has 1 unspecified atom stereocenters. The van der Waals surface area contributed by atoms with Crippen molar-refractivity contribution in [1.29, 1.82) is 0 Å². The van der Waals surface area contributed by atoms with E-state index in [9.17, 15) is 4.79 Å². The minimum Gasteiger partial charge on any atom is -0.383 e.